The van der Waals surface area contributed by atoms with Crippen LogP contribution in [0.15, 0.2) is 24.3 Å². The number of carbonyl (C=O) groups excluding carboxylic acids is 2. The largest absolute Gasteiger partial charge is 0.336 e. The molecule has 20 heavy (non-hydrogen) atoms. The summed E-state index contributed by atoms with van der Waals surface area (Å²) in [6, 6.07) is 6.76. The van der Waals surface area contributed by atoms with Gasteiger partial charge in [-0.15, -0.1) is 0 Å². The molecule has 0 bridgehead atoms. The lowest BCUT2D eigenvalue weighted by atomic mass is 9.84. The molecule has 0 atom stereocenters. The highest BCUT2D eigenvalue weighted by Gasteiger charge is 2.36. The van der Waals surface area contributed by atoms with Crippen molar-refractivity contribution in [3.8, 4) is 0 Å². The summed E-state index contributed by atoms with van der Waals surface area (Å²) in [4.78, 5) is 23.2. The number of ketones is 1. The van der Waals surface area contributed by atoms with E-state index in [1.165, 1.54) is 13.3 Å². The van der Waals surface area contributed by atoms with Gasteiger partial charge in [-0.25, -0.2) is 4.79 Å². The molecule has 1 saturated carbocycles. The predicted molar refractivity (Wildman–Crippen MR) is 83.6 cm³/mol. The normalized spacial score (nSPS) is 16.1. The number of Topliss-reactive ketones (excluding diaryl/α,β-unsaturated/α-hetero) is 1. The molecule has 2 amide bonds. The predicted octanol–water partition coefficient (Wildman–Crippen LogP) is 3.30. The zero-order chi connectivity index (χ0) is 14.6. The molecule has 1 aliphatic rings. The first-order valence-corrected chi connectivity index (χ1v) is 7.98. The van der Waals surface area contributed by atoms with Gasteiger partial charge in [-0.1, -0.05) is 18.6 Å². The van der Waals surface area contributed by atoms with Crippen LogP contribution in [0.4, 0.5) is 10.5 Å². The zero-order valence-electron chi connectivity index (χ0n) is 11.9. The molecule has 1 aromatic rings. The molecule has 5 heteroatoms. The van der Waals surface area contributed by atoms with Crippen LogP contribution in [0.5, 0.6) is 0 Å². The Balaban J connectivity index is 1.88. The lowest BCUT2D eigenvalue weighted by molar-refractivity contribution is 0.101. The number of anilines is 1. The van der Waals surface area contributed by atoms with Crippen molar-refractivity contribution in [1.29, 1.82) is 0 Å². The molecule has 1 aliphatic carbocycles. The Labute approximate surface area is 123 Å². The van der Waals surface area contributed by atoms with Gasteiger partial charge in [0.1, 0.15) is 0 Å². The van der Waals surface area contributed by atoms with Crippen LogP contribution in [0.2, 0.25) is 0 Å². The number of urea groups is 1. The van der Waals surface area contributed by atoms with Crippen molar-refractivity contribution in [1.82, 2.24) is 5.32 Å². The Hall–Kier alpha value is -1.49. The third-order valence-electron chi connectivity index (χ3n) is 3.80. The van der Waals surface area contributed by atoms with Gasteiger partial charge in [0, 0.05) is 22.5 Å². The molecule has 2 rings (SSSR count). The second kappa shape index (κ2) is 6.31. The van der Waals surface area contributed by atoms with Crippen LogP contribution in [0.1, 0.15) is 36.5 Å². The van der Waals surface area contributed by atoms with E-state index in [2.05, 4.69) is 16.9 Å². The van der Waals surface area contributed by atoms with Gasteiger partial charge in [0.05, 0.1) is 0 Å². The summed E-state index contributed by atoms with van der Waals surface area (Å²) in [6.45, 7) is 2.20. The monoisotopic (exact) mass is 292 g/mol. The van der Waals surface area contributed by atoms with Gasteiger partial charge in [0.2, 0.25) is 0 Å². The lowest BCUT2D eigenvalue weighted by Gasteiger charge is -2.40. The third kappa shape index (κ3) is 3.54. The van der Waals surface area contributed by atoms with Gasteiger partial charge in [0.15, 0.2) is 5.78 Å². The molecule has 0 unspecified atom stereocenters. The minimum absolute atomic E-state index is 0.00939. The summed E-state index contributed by atoms with van der Waals surface area (Å²) in [5.41, 5.74) is 1.24. The van der Waals surface area contributed by atoms with Crippen molar-refractivity contribution < 1.29 is 9.59 Å². The molecule has 0 aromatic heterocycles. The molecule has 2 N–H and O–H groups in total. The van der Waals surface area contributed by atoms with Crippen molar-refractivity contribution in [2.24, 2.45) is 0 Å². The van der Waals surface area contributed by atoms with Crippen LogP contribution in [-0.2, 0) is 0 Å². The second-order valence-electron chi connectivity index (χ2n) is 5.19. The van der Waals surface area contributed by atoms with E-state index in [4.69, 9.17) is 0 Å². The van der Waals surface area contributed by atoms with Crippen molar-refractivity contribution in [3.63, 3.8) is 0 Å². The average molecular weight is 292 g/mol. The Kier molecular flexibility index (Phi) is 4.70. The summed E-state index contributed by atoms with van der Waals surface area (Å²) in [6.07, 6.45) is 5.66. The van der Waals surface area contributed by atoms with E-state index in [1.807, 2.05) is 11.8 Å². The Morgan fingerprint density at radius 1 is 1.35 bits per heavy atom. The molecule has 0 spiro atoms. The van der Waals surface area contributed by atoms with Gasteiger partial charge in [0.25, 0.3) is 0 Å². The minimum atomic E-state index is -0.217. The van der Waals surface area contributed by atoms with Crippen LogP contribution in [-0.4, -0.2) is 29.4 Å². The number of carbonyl (C=O) groups is 2. The maximum atomic E-state index is 11.9. The van der Waals surface area contributed by atoms with E-state index in [-0.39, 0.29) is 16.6 Å². The van der Waals surface area contributed by atoms with Crippen LogP contribution >= 0.6 is 11.8 Å². The first-order valence-electron chi connectivity index (χ1n) is 6.76. The topological polar surface area (TPSA) is 58.2 Å². The minimum Gasteiger partial charge on any atom is -0.336 e. The zero-order valence-corrected chi connectivity index (χ0v) is 12.7. The fourth-order valence-corrected chi connectivity index (χ4v) is 3.17. The summed E-state index contributed by atoms with van der Waals surface area (Å²) >= 11 is 1.83. The summed E-state index contributed by atoms with van der Waals surface area (Å²) < 4.78 is 0.221. The molecule has 0 saturated heterocycles. The summed E-state index contributed by atoms with van der Waals surface area (Å²) in [7, 11) is 0. The van der Waals surface area contributed by atoms with E-state index in [0.717, 1.165) is 12.8 Å². The first kappa shape index (κ1) is 14.9. The average Bonchev–Trinajstić information content (AvgIpc) is 2.38. The van der Waals surface area contributed by atoms with Gasteiger partial charge in [-0.05, 0) is 38.2 Å². The molecule has 108 valence electrons. The summed E-state index contributed by atoms with van der Waals surface area (Å²) in [5.74, 6) is -0.00939. The molecule has 0 heterocycles. The Bertz CT molecular complexity index is 507. The van der Waals surface area contributed by atoms with Gasteiger partial charge >= 0.3 is 6.03 Å². The quantitative estimate of drug-likeness (QED) is 0.819. The molecule has 1 fully saturated rings. The van der Waals surface area contributed by atoms with Gasteiger partial charge < -0.3 is 10.6 Å². The number of amides is 2. The number of nitrogens with one attached hydrogen (secondary N) is 2. The first-order chi connectivity index (χ1) is 9.54. The van der Waals surface area contributed by atoms with Crippen molar-refractivity contribution in [2.45, 2.75) is 30.9 Å². The van der Waals surface area contributed by atoms with E-state index >= 15 is 0 Å². The van der Waals surface area contributed by atoms with Crippen molar-refractivity contribution >= 4 is 29.3 Å². The standard InChI is InChI=1S/C15H20N2O2S/c1-11(18)12-5-3-6-13(9-12)17-14(19)16-10-15(20-2)7-4-8-15/h3,5-6,9H,4,7-8,10H2,1-2H3,(H2,16,17,19). The molecule has 0 aliphatic heterocycles. The van der Waals surface area contributed by atoms with Gasteiger partial charge in [-0.3, -0.25) is 4.79 Å². The number of rotatable bonds is 5. The molecule has 1 aromatic carbocycles. The summed E-state index contributed by atoms with van der Waals surface area (Å²) in [5, 5.41) is 5.69. The smallest absolute Gasteiger partial charge is 0.319 e. The lowest BCUT2D eigenvalue weighted by Crippen LogP contribution is -2.46. The van der Waals surface area contributed by atoms with E-state index in [9.17, 15) is 9.59 Å². The highest BCUT2D eigenvalue weighted by atomic mass is 32.2. The van der Waals surface area contributed by atoms with E-state index < -0.39 is 0 Å². The van der Waals surface area contributed by atoms with Crippen molar-refractivity contribution in [3.05, 3.63) is 29.8 Å². The van der Waals surface area contributed by atoms with Crippen molar-refractivity contribution in [2.75, 3.05) is 18.1 Å². The Morgan fingerprint density at radius 3 is 2.65 bits per heavy atom. The highest BCUT2D eigenvalue weighted by Crippen LogP contribution is 2.42. The Morgan fingerprint density at radius 2 is 2.10 bits per heavy atom. The van der Waals surface area contributed by atoms with Crippen LogP contribution in [0.25, 0.3) is 0 Å². The molecule has 0 radical (unpaired) electrons. The maximum Gasteiger partial charge on any atom is 0.319 e. The fraction of sp³-hybridized carbons (Fsp3) is 0.467. The molecular formula is C15H20N2O2S. The van der Waals surface area contributed by atoms with Crippen LogP contribution in [0.3, 0.4) is 0 Å². The van der Waals surface area contributed by atoms with E-state index in [1.54, 1.807) is 24.3 Å². The molecular weight excluding hydrogens is 272 g/mol. The van der Waals surface area contributed by atoms with Gasteiger partial charge in [-0.2, -0.15) is 11.8 Å². The fourth-order valence-electron chi connectivity index (χ4n) is 2.26. The van der Waals surface area contributed by atoms with E-state index in [0.29, 0.717) is 17.8 Å². The third-order valence-corrected chi connectivity index (χ3v) is 5.21. The number of hydrogen-bond acceptors (Lipinski definition) is 3. The van der Waals surface area contributed by atoms with Crippen LogP contribution in [0, 0.1) is 0 Å². The number of hydrogen-bond donors (Lipinski definition) is 2. The molecule has 4 nitrogen and oxygen atoms in total. The number of benzene rings is 1. The second-order valence-corrected chi connectivity index (χ2v) is 6.46. The highest BCUT2D eigenvalue weighted by molar-refractivity contribution is 8.00. The number of thioether (sulfide) groups is 1. The SMILES string of the molecule is CSC1(CNC(=O)Nc2cccc(C(C)=O)c2)CCC1. The maximum absolute atomic E-state index is 11.9. The van der Waals surface area contributed by atoms with Crippen LogP contribution < -0.4 is 10.6 Å².